The van der Waals surface area contributed by atoms with Crippen molar-refractivity contribution in [2.75, 3.05) is 39.6 Å². The number of nitrogens with zero attached hydrogens (tertiary/aromatic N) is 2. The third-order valence-electron chi connectivity index (χ3n) is 7.59. The van der Waals surface area contributed by atoms with Crippen LogP contribution in [0.5, 0.6) is 17.2 Å². The lowest BCUT2D eigenvalue weighted by Crippen LogP contribution is -2.53. The van der Waals surface area contributed by atoms with E-state index in [9.17, 15) is 49.5 Å². The normalized spacial score (nSPS) is 22.1. The number of carboxylic acid groups (broad SMARTS) is 1. The number of aromatic hydroxyl groups is 3. The van der Waals surface area contributed by atoms with Gasteiger partial charge >= 0.3 is 5.97 Å². The van der Waals surface area contributed by atoms with E-state index in [-0.39, 0.29) is 29.1 Å². The predicted molar refractivity (Wildman–Crippen MR) is 157 cm³/mol. The molecule has 0 heterocycles. The zero-order chi connectivity index (χ0) is 33.6. The summed E-state index contributed by atoms with van der Waals surface area (Å²) in [5.74, 6) is -11.9. The van der Waals surface area contributed by atoms with Crippen molar-refractivity contribution in [1.29, 1.82) is 0 Å². The van der Waals surface area contributed by atoms with Crippen LogP contribution in [0.3, 0.4) is 0 Å². The van der Waals surface area contributed by atoms with Crippen LogP contribution in [0.15, 0.2) is 22.9 Å². The number of carboxylic acids is 1. The number of rotatable bonds is 9. The molecule has 0 fully saturated rings. The van der Waals surface area contributed by atoms with Crippen LogP contribution in [0.25, 0.3) is 0 Å². The molecule has 4 unspecified atom stereocenters. The summed E-state index contributed by atoms with van der Waals surface area (Å²) in [7, 11) is 6.03. The molecule has 2 amide bonds. The first kappa shape index (κ1) is 34.0. The maximum Gasteiger partial charge on any atom is 0.314 e. The maximum absolute atomic E-state index is 13.8. The summed E-state index contributed by atoms with van der Waals surface area (Å²) in [6.07, 6.45) is -1.00. The average Bonchev–Trinajstić information content (AvgIpc) is 2.88. The van der Waals surface area contributed by atoms with Crippen molar-refractivity contribution in [3.05, 3.63) is 34.0 Å². The molecule has 0 saturated heterocycles. The molecule has 3 rings (SSSR count). The Labute approximate surface area is 253 Å². The lowest BCUT2D eigenvalue weighted by molar-refractivity contribution is -0.150. The number of allylic oxidation sites excluding steroid dienone is 1. The van der Waals surface area contributed by atoms with Crippen LogP contribution >= 0.6 is 0 Å². The number of benzene rings is 1. The second-order valence-electron chi connectivity index (χ2n) is 12.3. The summed E-state index contributed by atoms with van der Waals surface area (Å²) in [5.41, 5.74) is 2.65. The second kappa shape index (κ2) is 12.3. The Bertz CT molecular complexity index is 1490. The van der Waals surface area contributed by atoms with Gasteiger partial charge in [-0.25, -0.2) is 0 Å². The number of carbonyl (C=O) groups excluding carboxylic acids is 4. The number of carbonyl (C=O) groups is 5. The number of hydrogen-bond donors (Lipinski definition) is 8. The van der Waals surface area contributed by atoms with E-state index in [0.29, 0.717) is 0 Å². The summed E-state index contributed by atoms with van der Waals surface area (Å²) in [6.45, 7) is 5.36. The molecule has 0 radical (unpaired) electrons. The van der Waals surface area contributed by atoms with Gasteiger partial charge in [-0.1, -0.05) is 0 Å². The number of ketones is 2. The number of phenols is 3. The number of phenolic OH excluding ortho intramolecular Hbond substituents is 1. The first-order chi connectivity index (χ1) is 20.2. The smallest absolute Gasteiger partial charge is 0.314 e. The molecule has 0 aromatic heterocycles. The Morgan fingerprint density at radius 2 is 1.59 bits per heavy atom. The van der Waals surface area contributed by atoms with E-state index < -0.39 is 93.7 Å². The lowest BCUT2D eigenvalue weighted by Gasteiger charge is -2.41. The maximum atomic E-state index is 13.8. The molecule has 15 heteroatoms. The number of nitrogens with one attached hydrogen (secondary N) is 2. The molecule has 240 valence electrons. The van der Waals surface area contributed by atoms with Gasteiger partial charge in [0.2, 0.25) is 11.7 Å². The molecule has 44 heavy (non-hydrogen) atoms. The third kappa shape index (κ3) is 6.25. The van der Waals surface area contributed by atoms with E-state index in [2.05, 4.69) is 10.6 Å². The largest absolute Gasteiger partial charge is 0.505 e. The van der Waals surface area contributed by atoms with Crippen molar-refractivity contribution < 1.29 is 49.5 Å². The molecular formula is C29H39N5O10. The molecule has 0 spiro atoms. The van der Waals surface area contributed by atoms with Gasteiger partial charge in [0.25, 0.3) is 5.91 Å². The number of nitrogens with two attached hydrogens (primary N) is 1. The number of hydrogen-bond acceptors (Lipinski definition) is 12. The third-order valence-corrected chi connectivity index (χ3v) is 7.59. The van der Waals surface area contributed by atoms with Gasteiger partial charge < -0.3 is 46.8 Å². The van der Waals surface area contributed by atoms with E-state index in [1.165, 1.54) is 25.1 Å². The van der Waals surface area contributed by atoms with Crippen molar-refractivity contribution in [3.63, 3.8) is 0 Å². The Kier molecular flexibility index (Phi) is 9.48. The van der Waals surface area contributed by atoms with Crippen LogP contribution in [0.4, 0.5) is 5.69 Å². The highest BCUT2D eigenvalue weighted by atomic mass is 16.4. The van der Waals surface area contributed by atoms with E-state index in [1.54, 1.807) is 19.0 Å². The van der Waals surface area contributed by atoms with Crippen LogP contribution in [0.2, 0.25) is 0 Å². The molecular weight excluding hydrogens is 578 g/mol. The highest BCUT2D eigenvalue weighted by Crippen LogP contribution is 2.49. The predicted octanol–water partition coefficient (Wildman–Crippen LogP) is -1.03. The standard InChI is InChI=1S/C29H39N5O10/c1-29(2,3)31-10-15(35)32-13-9-14(33(4)5)17-18(23(13)38)24(39)16(28(43)44)11(21(17)36)8-12-20(34(6)7)25(40)19(27(30)42)26(41)22(12)37/h9,11,14,16,21,31,36-37,40-41H,8,10H2,1-7H3,(H2,30,42)(H,32,35)(H,43,44). The number of aliphatic hydroxyl groups excluding tert-OH is 1. The number of aliphatic hydroxyl groups is 1. The summed E-state index contributed by atoms with van der Waals surface area (Å²) in [6, 6.07) is -0.939. The van der Waals surface area contributed by atoms with Crippen molar-refractivity contribution in [2.24, 2.45) is 17.6 Å². The fraction of sp³-hybridized carbons (Fsp3) is 0.483. The second-order valence-corrected chi connectivity index (χ2v) is 12.3. The Hall–Kier alpha value is -4.47. The van der Waals surface area contributed by atoms with Crippen LogP contribution < -0.4 is 21.3 Å². The molecule has 0 saturated carbocycles. The fourth-order valence-corrected chi connectivity index (χ4v) is 5.56. The van der Waals surface area contributed by atoms with Crippen LogP contribution in [-0.2, 0) is 25.6 Å². The van der Waals surface area contributed by atoms with Gasteiger partial charge in [-0.15, -0.1) is 0 Å². The topological polar surface area (TPSA) is 243 Å². The minimum atomic E-state index is -2.01. The van der Waals surface area contributed by atoms with E-state index in [1.807, 2.05) is 20.8 Å². The lowest BCUT2D eigenvalue weighted by atomic mass is 9.66. The molecule has 0 bridgehead atoms. The Balaban J connectivity index is 2.16. The molecule has 2 aliphatic carbocycles. The van der Waals surface area contributed by atoms with E-state index in [0.717, 1.165) is 0 Å². The van der Waals surface area contributed by atoms with Crippen LogP contribution in [-0.4, -0.2) is 112 Å². The van der Waals surface area contributed by atoms with Gasteiger partial charge in [-0.3, -0.25) is 28.9 Å². The summed E-state index contributed by atoms with van der Waals surface area (Å²) in [5, 5.41) is 59.4. The van der Waals surface area contributed by atoms with E-state index in [4.69, 9.17) is 5.73 Å². The fourth-order valence-electron chi connectivity index (χ4n) is 5.56. The average molecular weight is 618 g/mol. The summed E-state index contributed by atoms with van der Waals surface area (Å²) in [4.78, 5) is 67.3. The van der Waals surface area contributed by atoms with Crippen molar-refractivity contribution in [2.45, 2.75) is 44.9 Å². The van der Waals surface area contributed by atoms with Gasteiger partial charge in [-0.2, -0.15) is 0 Å². The molecule has 4 atom stereocenters. The minimum absolute atomic E-state index is 0.105. The number of primary amides is 1. The molecule has 2 aliphatic rings. The number of anilines is 1. The first-order valence-corrected chi connectivity index (χ1v) is 13.6. The van der Waals surface area contributed by atoms with Gasteiger partial charge in [-0.05, 0) is 52.9 Å². The molecule has 9 N–H and O–H groups in total. The van der Waals surface area contributed by atoms with E-state index >= 15 is 0 Å². The molecule has 1 aromatic carbocycles. The number of Topliss-reactive ketones (excluding diaryl/α,β-unsaturated/α-hetero) is 2. The van der Waals surface area contributed by atoms with Crippen molar-refractivity contribution >= 4 is 35.0 Å². The molecule has 0 aliphatic heterocycles. The number of likely N-dealkylation sites (N-methyl/N-ethyl adjacent to an activating group) is 1. The van der Waals surface area contributed by atoms with Gasteiger partial charge in [0.1, 0.15) is 11.5 Å². The monoisotopic (exact) mass is 617 g/mol. The van der Waals surface area contributed by atoms with Gasteiger partial charge in [0.05, 0.1) is 35.6 Å². The highest BCUT2D eigenvalue weighted by molar-refractivity contribution is 6.31. The Morgan fingerprint density at radius 1 is 1.00 bits per heavy atom. The SMILES string of the molecule is CN(C)c1c(O)c(C(N)=O)c(O)c(O)c1CC1C(O)C2=C(C(=O)C(NC(=O)CNC(C)(C)C)=CC2N(C)C)C(=O)C1C(=O)O. The first-order valence-electron chi connectivity index (χ1n) is 13.6. The van der Waals surface area contributed by atoms with Crippen molar-refractivity contribution in [1.82, 2.24) is 15.5 Å². The van der Waals surface area contributed by atoms with Gasteiger partial charge in [0, 0.05) is 31.1 Å². The van der Waals surface area contributed by atoms with Gasteiger partial charge in [0.15, 0.2) is 23.0 Å². The summed E-state index contributed by atoms with van der Waals surface area (Å²) >= 11 is 0. The summed E-state index contributed by atoms with van der Waals surface area (Å²) < 4.78 is 0. The highest BCUT2D eigenvalue weighted by Gasteiger charge is 2.52. The quantitative estimate of drug-likeness (QED) is 0.0716. The minimum Gasteiger partial charge on any atom is -0.505 e. The zero-order valence-corrected chi connectivity index (χ0v) is 25.6. The molecule has 1 aromatic rings. The van der Waals surface area contributed by atoms with Crippen molar-refractivity contribution in [3.8, 4) is 17.2 Å². The Morgan fingerprint density at radius 3 is 2.07 bits per heavy atom. The number of aliphatic carboxylic acids is 1. The zero-order valence-electron chi connectivity index (χ0n) is 25.6. The molecule has 15 nitrogen and oxygen atoms in total. The van der Waals surface area contributed by atoms with Crippen LogP contribution in [0, 0.1) is 11.8 Å². The van der Waals surface area contributed by atoms with Crippen LogP contribution in [0.1, 0.15) is 36.7 Å². The number of amides is 2.